The van der Waals surface area contributed by atoms with Crippen molar-refractivity contribution in [3.05, 3.63) is 36.0 Å². The van der Waals surface area contributed by atoms with Crippen LogP contribution in [0.5, 0.6) is 0 Å². The van der Waals surface area contributed by atoms with E-state index in [0.29, 0.717) is 24.8 Å². The zero-order chi connectivity index (χ0) is 19.8. The molecule has 0 radical (unpaired) electrons. The van der Waals surface area contributed by atoms with Crippen LogP contribution in [0.1, 0.15) is 39.5 Å². The summed E-state index contributed by atoms with van der Waals surface area (Å²) < 4.78 is 0. The number of aliphatic hydroxyl groups excluding tert-OH is 2. The fourth-order valence-electron chi connectivity index (χ4n) is 6.72. The summed E-state index contributed by atoms with van der Waals surface area (Å²) in [6.07, 6.45) is 6.96. The van der Waals surface area contributed by atoms with Crippen LogP contribution >= 0.6 is 0 Å². The molecule has 4 aliphatic carbocycles. The van der Waals surface area contributed by atoms with Crippen LogP contribution in [-0.4, -0.2) is 45.2 Å². The van der Waals surface area contributed by atoms with Crippen molar-refractivity contribution in [2.45, 2.75) is 51.2 Å². The summed E-state index contributed by atoms with van der Waals surface area (Å²) in [5, 5.41) is 32.0. The van der Waals surface area contributed by atoms with Crippen LogP contribution in [-0.2, 0) is 9.59 Å². The average molecular weight is 372 g/mol. The maximum Gasteiger partial charge on any atom is 0.194 e. The van der Waals surface area contributed by atoms with Crippen LogP contribution in [0.3, 0.4) is 0 Å². The van der Waals surface area contributed by atoms with Crippen molar-refractivity contribution in [3.63, 3.8) is 0 Å². The second-order valence-corrected chi connectivity index (χ2v) is 9.34. The lowest BCUT2D eigenvalue weighted by Crippen LogP contribution is -2.61. The van der Waals surface area contributed by atoms with E-state index in [9.17, 15) is 24.9 Å². The molecular weight excluding hydrogens is 344 g/mol. The first-order valence-electron chi connectivity index (χ1n) is 9.75. The van der Waals surface area contributed by atoms with Gasteiger partial charge in [0.05, 0.1) is 6.10 Å². The molecule has 7 unspecified atom stereocenters. The van der Waals surface area contributed by atoms with Crippen molar-refractivity contribution in [1.29, 1.82) is 0 Å². The molecule has 27 heavy (non-hydrogen) atoms. The molecule has 0 aromatic heterocycles. The third-order valence-electron chi connectivity index (χ3n) is 8.20. The van der Waals surface area contributed by atoms with E-state index in [1.807, 2.05) is 19.1 Å². The highest BCUT2D eigenvalue weighted by molar-refractivity contribution is 5.93. The van der Waals surface area contributed by atoms with Gasteiger partial charge in [0, 0.05) is 17.8 Å². The minimum Gasteiger partial charge on any atom is -0.393 e. The minimum absolute atomic E-state index is 0.0219. The number of rotatable bonds is 2. The number of allylic oxidation sites excluding steroid dienone is 4. The predicted octanol–water partition coefficient (Wildman–Crippen LogP) is 1.72. The zero-order valence-corrected chi connectivity index (χ0v) is 15.9. The molecule has 0 amide bonds. The molecule has 146 valence electrons. The van der Waals surface area contributed by atoms with E-state index in [4.69, 9.17) is 0 Å². The molecule has 4 rings (SSSR count). The van der Waals surface area contributed by atoms with Crippen LogP contribution < -0.4 is 0 Å². The highest BCUT2D eigenvalue weighted by atomic mass is 16.3. The molecule has 0 aromatic carbocycles. The normalized spacial score (nSPS) is 48.6. The van der Waals surface area contributed by atoms with E-state index in [0.717, 1.165) is 5.57 Å². The molecule has 3 N–H and O–H groups in total. The quantitative estimate of drug-likeness (QED) is 0.642. The number of ketones is 2. The maximum atomic E-state index is 12.5. The van der Waals surface area contributed by atoms with Crippen molar-refractivity contribution < 1.29 is 24.9 Å². The monoisotopic (exact) mass is 372 g/mol. The van der Waals surface area contributed by atoms with Gasteiger partial charge in [0.2, 0.25) is 0 Å². The molecular formula is C22H28O5. The topological polar surface area (TPSA) is 94.8 Å². The predicted molar refractivity (Wildman–Crippen MR) is 99.6 cm³/mol. The standard InChI is InChI=1S/C22H28O5/c1-12-8-16-15-5-4-13-9-14(24)6-7-20(13,2)19(15)17(25)10-21(16,3)22(12,27)18(26)11-23/h4-5,9,15-17,19,23,25,27H,1,6-8,10-11H2,2-3H3. The second kappa shape index (κ2) is 5.72. The van der Waals surface area contributed by atoms with Gasteiger partial charge in [0.25, 0.3) is 0 Å². The molecule has 2 fully saturated rings. The molecule has 5 nitrogen and oxygen atoms in total. The summed E-state index contributed by atoms with van der Waals surface area (Å²) in [5.41, 5.74) is -1.58. The van der Waals surface area contributed by atoms with Gasteiger partial charge in [0.1, 0.15) is 6.61 Å². The van der Waals surface area contributed by atoms with Crippen LogP contribution in [0.2, 0.25) is 0 Å². The molecule has 0 heterocycles. The van der Waals surface area contributed by atoms with Crippen molar-refractivity contribution in [2.75, 3.05) is 6.61 Å². The third-order valence-corrected chi connectivity index (χ3v) is 8.20. The first kappa shape index (κ1) is 18.8. The fourth-order valence-corrected chi connectivity index (χ4v) is 6.72. The number of fused-ring (bicyclic) bond motifs is 5. The summed E-state index contributed by atoms with van der Waals surface area (Å²) in [6, 6.07) is 0. The molecule has 4 aliphatic rings. The number of carbonyl (C=O) groups excluding carboxylic acids is 2. The molecule has 2 saturated carbocycles. The van der Waals surface area contributed by atoms with Crippen molar-refractivity contribution >= 4 is 11.6 Å². The SMILES string of the molecule is C=C1CC2C3C=CC4=CC(=O)CCC4(C)C3C(O)CC2(C)C1(O)C(=O)CO. The lowest BCUT2D eigenvalue weighted by molar-refractivity contribution is -0.169. The number of aliphatic hydroxyl groups is 3. The molecule has 0 aromatic rings. The van der Waals surface area contributed by atoms with E-state index < -0.39 is 29.5 Å². The molecule has 5 heteroatoms. The Morgan fingerprint density at radius 3 is 2.74 bits per heavy atom. The number of hydrogen-bond acceptors (Lipinski definition) is 5. The van der Waals surface area contributed by atoms with Gasteiger partial charge < -0.3 is 15.3 Å². The Kier molecular flexibility index (Phi) is 3.98. The summed E-state index contributed by atoms with van der Waals surface area (Å²) in [7, 11) is 0. The van der Waals surface area contributed by atoms with Crippen molar-refractivity contribution in [3.8, 4) is 0 Å². The highest BCUT2D eigenvalue weighted by Crippen LogP contribution is 2.67. The summed E-state index contributed by atoms with van der Waals surface area (Å²) in [4.78, 5) is 24.4. The Morgan fingerprint density at radius 2 is 2.07 bits per heavy atom. The average Bonchev–Trinajstić information content (AvgIpc) is 2.82. The van der Waals surface area contributed by atoms with Gasteiger partial charge in [-0.3, -0.25) is 9.59 Å². The molecule has 0 spiro atoms. The Labute approximate surface area is 159 Å². The summed E-state index contributed by atoms with van der Waals surface area (Å²) >= 11 is 0. The Bertz CT molecular complexity index is 795. The molecule has 0 bridgehead atoms. The van der Waals surface area contributed by atoms with Crippen molar-refractivity contribution in [1.82, 2.24) is 0 Å². The van der Waals surface area contributed by atoms with Crippen LogP contribution in [0.15, 0.2) is 36.0 Å². The molecule has 7 atom stereocenters. The third kappa shape index (κ3) is 2.16. The van der Waals surface area contributed by atoms with Crippen molar-refractivity contribution in [2.24, 2.45) is 28.6 Å². The maximum absolute atomic E-state index is 12.5. The van der Waals surface area contributed by atoms with E-state index in [1.54, 1.807) is 6.08 Å². The smallest absolute Gasteiger partial charge is 0.194 e. The van der Waals surface area contributed by atoms with Gasteiger partial charge in [-0.15, -0.1) is 0 Å². The molecule has 0 saturated heterocycles. The van der Waals surface area contributed by atoms with Gasteiger partial charge in [-0.2, -0.15) is 0 Å². The Hall–Kier alpha value is -1.56. The van der Waals surface area contributed by atoms with E-state index in [-0.39, 0.29) is 35.4 Å². The van der Waals surface area contributed by atoms with Crippen LogP contribution in [0, 0.1) is 28.6 Å². The fraction of sp³-hybridized carbons (Fsp3) is 0.636. The zero-order valence-electron chi connectivity index (χ0n) is 15.9. The molecule has 0 aliphatic heterocycles. The Balaban J connectivity index is 1.83. The lowest BCUT2D eigenvalue weighted by atomic mass is 9.47. The second-order valence-electron chi connectivity index (χ2n) is 9.34. The van der Waals surface area contributed by atoms with Gasteiger partial charge in [0.15, 0.2) is 17.2 Å². The van der Waals surface area contributed by atoms with Gasteiger partial charge in [-0.05, 0) is 53.7 Å². The van der Waals surface area contributed by atoms with Gasteiger partial charge >= 0.3 is 0 Å². The number of Topliss-reactive ketones (excluding diaryl/α,β-unsaturated/α-hetero) is 1. The number of carbonyl (C=O) groups is 2. The van der Waals surface area contributed by atoms with E-state index in [1.165, 1.54) is 0 Å². The van der Waals surface area contributed by atoms with Crippen LogP contribution in [0.25, 0.3) is 0 Å². The number of hydrogen-bond donors (Lipinski definition) is 3. The van der Waals surface area contributed by atoms with E-state index in [2.05, 4.69) is 13.5 Å². The summed E-state index contributed by atoms with van der Waals surface area (Å²) in [6.45, 7) is 7.19. The van der Waals surface area contributed by atoms with Gasteiger partial charge in [-0.25, -0.2) is 0 Å². The first-order chi connectivity index (χ1) is 12.6. The van der Waals surface area contributed by atoms with Crippen LogP contribution in [0.4, 0.5) is 0 Å². The lowest BCUT2D eigenvalue weighted by Gasteiger charge is -2.58. The van der Waals surface area contributed by atoms with E-state index >= 15 is 0 Å². The summed E-state index contributed by atoms with van der Waals surface area (Å²) in [5.74, 6) is -0.660. The largest absolute Gasteiger partial charge is 0.393 e. The minimum atomic E-state index is -1.81. The van der Waals surface area contributed by atoms with Gasteiger partial charge in [-0.1, -0.05) is 32.6 Å². The highest BCUT2D eigenvalue weighted by Gasteiger charge is 2.69. The first-order valence-corrected chi connectivity index (χ1v) is 9.75. The Morgan fingerprint density at radius 1 is 1.37 bits per heavy atom.